The van der Waals surface area contributed by atoms with E-state index >= 15 is 0 Å². The van der Waals surface area contributed by atoms with Gasteiger partial charge in [0.1, 0.15) is 0 Å². The molecule has 0 atom stereocenters. The summed E-state index contributed by atoms with van der Waals surface area (Å²) in [6.07, 6.45) is 1.46. The summed E-state index contributed by atoms with van der Waals surface area (Å²) in [5.41, 5.74) is 0.352. The van der Waals surface area contributed by atoms with Crippen molar-refractivity contribution in [3.05, 3.63) is 68.1 Å². The minimum atomic E-state index is -0.753. The van der Waals surface area contributed by atoms with Crippen LogP contribution in [0.25, 0.3) is 6.08 Å². The Morgan fingerprint density at radius 2 is 2.00 bits per heavy atom. The van der Waals surface area contributed by atoms with Crippen molar-refractivity contribution in [1.82, 2.24) is 5.32 Å². The number of para-hydroxylation sites is 1. The zero-order valence-corrected chi connectivity index (χ0v) is 14.0. The smallest absolute Gasteiger partial charge is 0.264 e. The fourth-order valence-electron chi connectivity index (χ4n) is 2.05. The maximum Gasteiger partial charge on any atom is 0.264 e. The summed E-state index contributed by atoms with van der Waals surface area (Å²) in [6.45, 7) is 0. The van der Waals surface area contributed by atoms with Gasteiger partial charge in [0.15, 0.2) is 5.17 Å². The van der Waals surface area contributed by atoms with Crippen LogP contribution in [-0.4, -0.2) is 16.0 Å². The summed E-state index contributed by atoms with van der Waals surface area (Å²) in [7, 11) is 0. The number of thioether (sulfide) groups is 1. The minimum absolute atomic E-state index is 0.304. The Hall–Kier alpha value is -2.84. The number of carbonyl (C=O) groups excluding carboxylic acids is 1. The number of carbonyl (C=O) groups is 1. The number of nitro benzene ring substituents is 1. The molecule has 9 heteroatoms. The lowest BCUT2D eigenvalue weighted by molar-refractivity contribution is -0.398. The van der Waals surface area contributed by atoms with Gasteiger partial charge in [-0.2, -0.15) is 0 Å². The molecule has 0 radical (unpaired) electrons. The molecule has 126 valence electrons. The molecule has 25 heavy (non-hydrogen) atoms. The van der Waals surface area contributed by atoms with Gasteiger partial charge < -0.3 is 10.4 Å². The Labute approximate surface area is 151 Å². The fourth-order valence-corrected chi connectivity index (χ4v) is 3.06. The van der Waals surface area contributed by atoms with Gasteiger partial charge in [-0.3, -0.25) is 14.9 Å². The molecule has 2 aromatic carbocycles. The van der Waals surface area contributed by atoms with Gasteiger partial charge in [0.05, 0.1) is 20.5 Å². The number of nitrogens with one attached hydrogen (secondary N) is 1. The molecule has 7 nitrogen and oxygen atoms in total. The third-order valence-corrected chi connectivity index (χ3v) is 4.43. The first-order valence-electron chi connectivity index (χ1n) is 6.93. The van der Waals surface area contributed by atoms with Crippen LogP contribution >= 0.6 is 23.4 Å². The molecule has 1 saturated heterocycles. The van der Waals surface area contributed by atoms with Crippen LogP contribution in [0.3, 0.4) is 0 Å². The van der Waals surface area contributed by atoms with E-state index in [0.717, 1.165) is 23.9 Å². The number of amides is 1. The summed E-state index contributed by atoms with van der Waals surface area (Å²) in [6, 6.07) is 10.6. The second kappa shape index (κ2) is 6.96. The lowest BCUT2D eigenvalue weighted by Crippen LogP contribution is -2.19. The predicted octanol–water partition coefficient (Wildman–Crippen LogP) is 3.21. The molecule has 1 aliphatic rings. The van der Waals surface area contributed by atoms with Gasteiger partial charge in [-0.15, -0.1) is 0 Å². The van der Waals surface area contributed by atoms with E-state index in [1.807, 2.05) is 0 Å². The Morgan fingerprint density at radius 1 is 1.24 bits per heavy atom. The maximum atomic E-state index is 12.0. The number of hydrogen-bond acceptors (Lipinski definition) is 6. The molecule has 3 rings (SSSR count). The van der Waals surface area contributed by atoms with Crippen molar-refractivity contribution in [3.8, 4) is 5.75 Å². The van der Waals surface area contributed by atoms with Gasteiger partial charge in [-0.05, 0) is 41.3 Å². The molecule has 0 saturated carbocycles. The van der Waals surface area contributed by atoms with E-state index < -0.39 is 16.4 Å². The molecule has 0 spiro atoms. The number of rotatable bonds is 3. The highest BCUT2D eigenvalue weighted by Gasteiger charge is 2.24. The van der Waals surface area contributed by atoms with E-state index in [0.29, 0.717) is 26.3 Å². The Bertz CT molecular complexity index is 943. The van der Waals surface area contributed by atoms with Crippen LogP contribution < -0.4 is 10.4 Å². The number of nitrogens with zero attached hydrogens (tertiary/aromatic N) is 2. The predicted molar refractivity (Wildman–Crippen MR) is 94.8 cm³/mol. The average molecular weight is 375 g/mol. The Kier molecular flexibility index (Phi) is 4.73. The molecular weight excluding hydrogens is 366 g/mol. The van der Waals surface area contributed by atoms with Gasteiger partial charge >= 0.3 is 0 Å². The topological polar surface area (TPSA) is 108 Å². The van der Waals surface area contributed by atoms with E-state index in [1.54, 1.807) is 24.3 Å². The van der Waals surface area contributed by atoms with Crippen LogP contribution in [0, 0.1) is 10.1 Å². The highest BCUT2D eigenvalue weighted by molar-refractivity contribution is 8.18. The minimum Gasteiger partial charge on any atom is -0.868 e. The van der Waals surface area contributed by atoms with Crippen molar-refractivity contribution in [2.75, 3.05) is 0 Å². The fraction of sp³-hybridized carbons (Fsp3) is 0. The SMILES string of the molecule is O=C1NC(=Nc2ccccc2Cl)S/C1=C\c1ccc([O-])c([N+](=O)[O-])c1. The van der Waals surface area contributed by atoms with E-state index in [9.17, 15) is 20.0 Å². The van der Waals surface area contributed by atoms with Crippen LogP contribution in [0.15, 0.2) is 52.4 Å². The number of benzene rings is 2. The lowest BCUT2D eigenvalue weighted by atomic mass is 10.1. The lowest BCUT2D eigenvalue weighted by Gasteiger charge is -2.06. The summed E-state index contributed by atoms with van der Waals surface area (Å²) in [5.74, 6) is -1.07. The maximum absolute atomic E-state index is 12.0. The molecule has 0 unspecified atom stereocenters. The molecular formula is C16H9ClN3O4S-. The highest BCUT2D eigenvalue weighted by atomic mass is 35.5. The summed E-state index contributed by atoms with van der Waals surface area (Å²) >= 11 is 7.11. The number of amidine groups is 1. The normalized spacial score (nSPS) is 17.1. The van der Waals surface area contributed by atoms with Crippen molar-refractivity contribution >= 4 is 51.9 Å². The first kappa shape index (κ1) is 17.0. The van der Waals surface area contributed by atoms with E-state index in [4.69, 9.17) is 11.6 Å². The van der Waals surface area contributed by atoms with E-state index in [1.165, 1.54) is 12.1 Å². The first-order chi connectivity index (χ1) is 11.9. The van der Waals surface area contributed by atoms with Gasteiger partial charge in [0.25, 0.3) is 11.6 Å². The number of nitro groups is 1. The molecule has 1 amide bonds. The van der Waals surface area contributed by atoms with Crippen molar-refractivity contribution in [1.29, 1.82) is 0 Å². The summed E-state index contributed by atoms with van der Waals surface area (Å²) < 4.78 is 0. The molecule has 1 heterocycles. The molecule has 1 aliphatic heterocycles. The van der Waals surface area contributed by atoms with Crippen LogP contribution in [0.2, 0.25) is 5.02 Å². The van der Waals surface area contributed by atoms with Gasteiger partial charge in [-0.1, -0.05) is 35.9 Å². The molecule has 0 bridgehead atoms. The molecule has 1 fully saturated rings. The summed E-state index contributed by atoms with van der Waals surface area (Å²) in [4.78, 5) is 26.7. The van der Waals surface area contributed by atoms with Crippen LogP contribution in [0.1, 0.15) is 5.56 Å². The quantitative estimate of drug-likeness (QED) is 0.504. The zero-order valence-electron chi connectivity index (χ0n) is 12.4. The molecule has 0 aromatic heterocycles. The molecule has 0 aliphatic carbocycles. The zero-order chi connectivity index (χ0) is 18.0. The van der Waals surface area contributed by atoms with Crippen molar-refractivity contribution in [2.45, 2.75) is 0 Å². The Morgan fingerprint density at radius 3 is 2.72 bits per heavy atom. The number of halogens is 1. The number of hydrogen-bond donors (Lipinski definition) is 1. The number of aliphatic imine (C=N–C) groups is 1. The standard InChI is InChI=1S/C16H10ClN3O4S/c17-10-3-1-2-4-11(10)18-16-19-15(22)14(25-16)8-9-5-6-13(21)12(7-9)20(23)24/h1-8,21H,(H,18,19,22)/p-1/b14-8-. The highest BCUT2D eigenvalue weighted by Crippen LogP contribution is 2.32. The largest absolute Gasteiger partial charge is 0.868 e. The third kappa shape index (κ3) is 3.81. The van der Waals surface area contributed by atoms with E-state index in [2.05, 4.69) is 10.3 Å². The third-order valence-electron chi connectivity index (χ3n) is 3.20. The Balaban J connectivity index is 1.88. The van der Waals surface area contributed by atoms with Crippen molar-refractivity contribution in [2.24, 2.45) is 4.99 Å². The molecule has 1 N–H and O–H groups in total. The molecule has 2 aromatic rings. The first-order valence-corrected chi connectivity index (χ1v) is 8.13. The van der Waals surface area contributed by atoms with Gasteiger partial charge in [-0.25, -0.2) is 4.99 Å². The second-order valence-electron chi connectivity index (χ2n) is 4.92. The average Bonchev–Trinajstić information content (AvgIpc) is 2.90. The second-order valence-corrected chi connectivity index (χ2v) is 6.36. The van der Waals surface area contributed by atoms with Crippen LogP contribution in [0.4, 0.5) is 11.4 Å². The summed E-state index contributed by atoms with van der Waals surface area (Å²) in [5, 5.41) is 25.6. The van der Waals surface area contributed by atoms with Gasteiger partial charge in [0.2, 0.25) is 0 Å². The van der Waals surface area contributed by atoms with Crippen molar-refractivity contribution in [3.63, 3.8) is 0 Å². The van der Waals surface area contributed by atoms with Gasteiger partial charge in [0, 0.05) is 6.07 Å². The van der Waals surface area contributed by atoms with Crippen LogP contribution in [-0.2, 0) is 4.79 Å². The van der Waals surface area contributed by atoms with Crippen molar-refractivity contribution < 1.29 is 14.8 Å². The van der Waals surface area contributed by atoms with E-state index in [-0.39, 0.29) is 5.91 Å². The van der Waals surface area contributed by atoms with Crippen LogP contribution in [0.5, 0.6) is 5.75 Å². The monoisotopic (exact) mass is 374 g/mol.